The Balaban J connectivity index is 1.72. The minimum Gasteiger partial charge on any atom is -0.360 e. The number of benzene rings is 2. The van der Waals surface area contributed by atoms with Crippen LogP contribution in [0.15, 0.2) is 59.1 Å². The van der Waals surface area contributed by atoms with Gasteiger partial charge in [-0.2, -0.15) is 0 Å². The molecule has 0 radical (unpaired) electrons. The molecular weight excluding hydrogens is 318 g/mol. The van der Waals surface area contributed by atoms with E-state index in [1.165, 1.54) is 6.07 Å². The van der Waals surface area contributed by atoms with Gasteiger partial charge in [-0.3, -0.25) is 9.59 Å². The lowest BCUT2D eigenvalue weighted by atomic mass is 10.1. The molecule has 25 heavy (non-hydrogen) atoms. The van der Waals surface area contributed by atoms with Gasteiger partial charge in [-0.05, 0) is 44.2 Å². The topological polar surface area (TPSA) is 84.2 Å². The fourth-order valence-corrected chi connectivity index (χ4v) is 2.26. The summed E-state index contributed by atoms with van der Waals surface area (Å²) in [6.07, 6.45) is 0. The van der Waals surface area contributed by atoms with Crippen LogP contribution in [0.1, 0.15) is 32.0 Å². The molecule has 1 aromatic heterocycles. The Morgan fingerprint density at radius 1 is 0.880 bits per heavy atom. The molecule has 6 nitrogen and oxygen atoms in total. The largest absolute Gasteiger partial charge is 0.360 e. The van der Waals surface area contributed by atoms with Gasteiger partial charge in [-0.15, -0.1) is 0 Å². The first-order valence-corrected chi connectivity index (χ1v) is 7.74. The maximum Gasteiger partial charge on any atom is 0.256 e. The van der Waals surface area contributed by atoms with Crippen LogP contribution in [0.5, 0.6) is 0 Å². The van der Waals surface area contributed by atoms with Crippen molar-refractivity contribution >= 4 is 23.3 Å². The molecule has 1 heterocycles. The van der Waals surface area contributed by atoms with E-state index in [1.54, 1.807) is 31.2 Å². The number of carbonyl (C=O) groups excluding carboxylic acids is 2. The van der Waals surface area contributed by atoms with Crippen LogP contribution in [0.25, 0.3) is 0 Å². The number of aryl methyl sites for hydroxylation is 2. The highest BCUT2D eigenvalue weighted by atomic mass is 16.5. The monoisotopic (exact) mass is 335 g/mol. The van der Waals surface area contributed by atoms with Gasteiger partial charge in [0, 0.05) is 22.9 Å². The number of nitrogens with zero attached hydrogens (tertiary/aromatic N) is 1. The van der Waals surface area contributed by atoms with Crippen molar-refractivity contribution in [1.82, 2.24) is 5.16 Å². The fourth-order valence-electron chi connectivity index (χ4n) is 2.26. The third kappa shape index (κ3) is 4.11. The van der Waals surface area contributed by atoms with Crippen molar-refractivity contribution in [2.24, 2.45) is 0 Å². The Labute approximate surface area is 144 Å². The molecule has 0 bridgehead atoms. The first-order valence-electron chi connectivity index (χ1n) is 7.74. The number of carbonyl (C=O) groups is 2. The van der Waals surface area contributed by atoms with Crippen LogP contribution < -0.4 is 10.6 Å². The first kappa shape index (κ1) is 16.4. The molecule has 3 rings (SSSR count). The van der Waals surface area contributed by atoms with Gasteiger partial charge in [0.15, 0.2) is 5.82 Å². The van der Waals surface area contributed by atoms with Crippen molar-refractivity contribution < 1.29 is 14.1 Å². The van der Waals surface area contributed by atoms with E-state index in [9.17, 15) is 9.59 Å². The Bertz CT molecular complexity index is 914. The lowest BCUT2D eigenvalue weighted by Gasteiger charge is -2.07. The van der Waals surface area contributed by atoms with E-state index in [1.807, 2.05) is 31.2 Å². The summed E-state index contributed by atoms with van der Waals surface area (Å²) in [5.41, 5.74) is 2.56. The number of amides is 2. The van der Waals surface area contributed by atoms with Crippen molar-refractivity contribution in [3.8, 4) is 0 Å². The maximum atomic E-state index is 12.4. The van der Waals surface area contributed by atoms with Crippen molar-refractivity contribution in [3.63, 3.8) is 0 Å². The number of hydrogen-bond acceptors (Lipinski definition) is 4. The van der Waals surface area contributed by atoms with Gasteiger partial charge in [0.2, 0.25) is 0 Å². The number of rotatable bonds is 4. The Hall–Kier alpha value is -3.41. The molecule has 6 heteroatoms. The summed E-state index contributed by atoms with van der Waals surface area (Å²) in [6, 6.07) is 15.6. The van der Waals surface area contributed by atoms with E-state index < -0.39 is 0 Å². The quantitative estimate of drug-likeness (QED) is 0.759. The van der Waals surface area contributed by atoms with E-state index in [4.69, 9.17) is 4.52 Å². The second kappa shape index (κ2) is 7.00. The van der Waals surface area contributed by atoms with Gasteiger partial charge in [0.1, 0.15) is 5.76 Å². The lowest BCUT2D eigenvalue weighted by Crippen LogP contribution is -2.15. The van der Waals surface area contributed by atoms with Crippen LogP contribution in [0.2, 0.25) is 0 Å². The van der Waals surface area contributed by atoms with Crippen molar-refractivity contribution in [2.75, 3.05) is 10.6 Å². The van der Waals surface area contributed by atoms with Gasteiger partial charge in [0.25, 0.3) is 11.8 Å². The van der Waals surface area contributed by atoms with Crippen LogP contribution >= 0.6 is 0 Å². The summed E-state index contributed by atoms with van der Waals surface area (Å²) in [7, 11) is 0. The molecule has 2 N–H and O–H groups in total. The molecule has 0 saturated heterocycles. The third-order valence-corrected chi connectivity index (χ3v) is 3.57. The zero-order valence-corrected chi connectivity index (χ0v) is 13.9. The molecule has 0 unspecified atom stereocenters. The number of hydrogen-bond donors (Lipinski definition) is 2. The van der Waals surface area contributed by atoms with Gasteiger partial charge >= 0.3 is 0 Å². The van der Waals surface area contributed by atoms with Crippen molar-refractivity contribution in [2.45, 2.75) is 13.8 Å². The standard InChI is InChI=1S/C19H17N3O3/c1-12-6-8-16(9-7-12)20-18(23)14-4-3-5-15(11-14)19(24)21-17-10-13(2)25-22-17/h3-11H,1-2H3,(H,20,23)(H,21,22,24). The highest BCUT2D eigenvalue weighted by molar-refractivity contribution is 6.08. The molecule has 0 fully saturated rings. The Morgan fingerprint density at radius 3 is 2.12 bits per heavy atom. The molecule has 0 saturated carbocycles. The SMILES string of the molecule is Cc1ccc(NC(=O)c2cccc(C(=O)Nc3cc(C)on3)c2)cc1. The van der Waals surface area contributed by atoms with Crippen molar-refractivity contribution in [1.29, 1.82) is 0 Å². The van der Waals surface area contributed by atoms with E-state index in [-0.39, 0.29) is 11.8 Å². The third-order valence-electron chi connectivity index (χ3n) is 3.57. The number of aromatic nitrogens is 1. The molecule has 0 aliphatic carbocycles. The van der Waals surface area contributed by atoms with E-state index >= 15 is 0 Å². The predicted molar refractivity (Wildman–Crippen MR) is 94.8 cm³/mol. The summed E-state index contributed by atoms with van der Waals surface area (Å²) >= 11 is 0. The van der Waals surface area contributed by atoms with Crippen LogP contribution in [0.3, 0.4) is 0 Å². The number of nitrogens with one attached hydrogen (secondary N) is 2. The maximum absolute atomic E-state index is 12.4. The van der Waals surface area contributed by atoms with Crippen molar-refractivity contribution in [3.05, 3.63) is 77.0 Å². The first-order chi connectivity index (χ1) is 12.0. The predicted octanol–water partition coefficient (Wildman–Crippen LogP) is 3.80. The van der Waals surface area contributed by atoms with Crippen LogP contribution in [0.4, 0.5) is 11.5 Å². The molecule has 2 aromatic carbocycles. The zero-order valence-electron chi connectivity index (χ0n) is 13.9. The van der Waals surface area contributed by atoms with Crippen LogP contribution in [0, 0.1) is 13.8 Å². The molecule has 0 aliphatic heterocycles. The molecular formula is C19H17N3O3. The van der Waals surface area contributed by atoms with Gasteiger partial charge in [-0.1, -0.05) is 28.9 Å². The van der Waals surface area contributed by atoms with Gasteiger partial charge in [0.05, 0.1) is 0 Å². The Kier molecular flexibility index (Phi) is 4.61. The van der Waals surface area contributed by atoms with Crippen LogP contribution in [-0.2, 0) is 0 Å². The van der Waals surface area contributed by atoms with Gasteiger partial charge in [-0.25, -0.2) is 0 Å². The average Bonchev–Trinajstić information content (AvgIpc) is 3.02. The summed E-state index contributed by atoms with van der Waals surface area (Å²) in [5, 5.41) is 9.15. The fraction of sp³-hybridized carbons (Fsp3) is 0.105. The lowest BCUT2D eigenvalue weighted by molar-refractivity contribution is 0.102. The molecule has 2 amide bonds. The number of anilines is 2. The highest BCUT2D eigenvalue weighted by Gasteiger charge is 2.12. The minimum absolute atomic E-state index is 0.282. The average molecular weight is 335 g/mol. The van der Waals surface area contributed by atoms with E-state index in [0.29, 0.717) is 28.4 Å². The smallest absolute Gasteiger partial charge is 0.256 e. The van der Waals surface area contributed by atoms with E-state index in [0.717, 1.165) is 5.56 Å². The summed E-state index contributed by atoms with van der Waals surface area (Å²) in [6.45, 7) is 3.71. The summed E-state index contributed by atoms with van der Waals surface area (Å²) in [5.74, 6) is 0.285. The van der Waals surface area contributed by atoms with E-state index in [2.05, 4.69) is 15.8 Å². The second-order valence-corrected chi connectivity index (χ2v) is 5.68. The summed E-state index contributed by atoms with van der Waals surface area (Å²) < 4.78 is 4.91. The zero-order chi connectivity index (χ0) is 17.8. The second-order valence-electron chi connectivity index (χ2n) is 5.68. The normalized spacial score (nSPS) is 10.3. The molecule has 126 valence electrons. The highest BCUT2D eigenvalue weighted by Crippen LogP contribution is 2.14. The van der Waals surface area contributed by atoms with Gasteiger partial charge < -0.3 is 15.2 Å². The molecule has 0 aliphatic rings. The minimum atomic E-state index is -0.363. The molecule has 3 aromatic rings. The molecule has 0 atom stereocenters. The summed E-state index contributed by atoms with van der Waals surface area (Å²) in [4.78, 5) is 24.6. The molecule has 0 spiro atoms. The van der Waals surface area contributed by atoms with Crippen LogP contribution in [-0.4, -0.2) is 17.0 Å². The Morgan fingerprint density at radius 2 is 1.52 bits per heavy atom.